The lowest BCUT2D eigenvalue weighted by molar-refractivity contribution is 0.314. The molecule has 1 rings (SSSR count). The molecule has 0 saturated carbocycles. The zero-order valence-electron chi connectivity index (χ0n) is 12.3. The highest BCUT2D eigenvalue weighted by Crippen LogP contribution is 2.29. The predicted molar refractivity (Wildman–Crippen MR) is 83.2 cm³/mol. The van der Waals surface area contributed by atoms with Crippen LogP contribution >= 0.6 is 12.6 Å². The third kappa shape index (κ3) is 3.68. The molecular formula is C16H26OS. The third-order valence-electron chi connectivity index (χ3n) is 3.53. The van der Waals surface area contributed by atoms with Crippen LogP contribution in [0, 0.1) is 26.7 Å². The molecule has 18 heavy (non-hydrogen) atoms. The van der Waals surface area contributed by atoms with E-state index < -0.39 is 0 Å². The van der Waals surface area contributed by atoms with Crippen LogP contribution < -0.4 is 4.74 Å². The summed E-state index contributed by atoms with van der Waals surface area (Å²) in [7, 11) is 0. The molecule has 1 atom stereocenters. The van der Waals surface area contributed by atoms with Crippen molar-refractivity contribution >= 4 is 12.6 Å². The highest BCUT2D eigenvalue weighted by molar-refractivity contribution is 7.80. The van der Waals surface area contributed by atoms with E-state index in [9.17, 15) is 0 Å². The Bertz CT molecular complexity index is 399. The van der Waals surface area contributed by atoms with Gasteiger partial charge in [0.2, 0.25) is 0 Å². The topological polar surface area (TPSA) is 9.23 Å². The molecule has 0 aliphatic heterocycles. The summed E-state index contributed by atoms with van der Waals surface area (Å²) in [5.41, 5.74) is 5.49. The van der Waals surface area contributed by atoms with E-state index in [1.165, 1.54) is 22.3 Å². The van der Waals surface area contributed by atoms with Crippen LogP contribution in [0.5, 0.6) is 5.75 Å². The van der Waals surface area contributed by atoms with Crippen molar-refractivity contribution in [3.8, 4) is 5.75 Å². The smallest absolute Gasteiger partial charge is 0.122 e. The Morgan fingerprint density at radius 3 is 2.44 bits per heavy atom. The van der Waals surface area contributed by atoms with Gasteiger partial charge in [0, 0.05) is 0 Å². The van der Waals surface area contributed by atoms with E-state index in [2.05, 4.69) is 53.3 Å². The molecule has 0 amide bonds. The fourth-order valence-electron chi connectivity index (χ4n) is 2.19. The minimum absolute atomic E-state index is 0.618. The van der Waals surface area contributed by atoms with Gasteiger partial charge in [-0.15, -0.1) is 0 Å². The van der Waals surface area contributed by atoms with Crippen molar-refractivity contribution in [2.75, 3.05) is 12.4 Å². The van der Waals surface area contributed by atoms with E-state index in [0.29, 0.717) is 5.92 Å². The molecule has 0 bridgehead atoms. The zero-order valence-corrected chi connectivity index (χ0v) is 13.2. The largest absolute Gasteiger partial charge is 0.493 e. The van der Waals surface area contributed by atoms with Crippen LogP contribution in [0.25, 0.3) is 0 Å². The fourth-order valence-corrected chi connectivity index (χ4v) is 2.32. The van der Waals surface area contributed by atoms with Crippen molar-refractivity contribution in [2.24, 2.45) is 5.92 Å². The Balaban J connectivity index is 3.04. The van der Waals surface area contributed by atoms with Crippen molar-refractivity contribution < 1.29 is 4.74 Å². The summed E-state index contributed by atoms with van der Waals surface area (Å²) in [6.45, 7) is 11.7. The van der Waals surface area contributed by atoms with Gasteiger partial charge in [0.25, 0.3) is 0 Å². The van der Waals surface area contributed by atoms with E-state index in [-0.39, 0.29) is 0 Å². The summed E-state index contributed by atoms with van der Waals surface area (Å²) < 4.78 is 5.82. The fraction of sp³-hybridized carbons (Fsp3) is 0.625. The molecule has 1 aromatic carbocycles. The molecule has 1 unspecified atom stereocenters. The highest BCUT2D eigenvalue weighted by Gasteiger charge is 2.13. The quantitative estimate of drug-likeness (QED) is 0.745. The summed E-state index contributed by atoms with van der Waals surface area (Å²) in [4.78, 5) is 0. The molecule has 0 fully saturated rings. The third-order valence-corrected chi connectivity index (χ3v) is 4.16. The van der Waals surface area contributed by atoms with Crippen LogP contribution in [-0.4, -0.2) is 12.4 Å². The Kier molecular flexibility index (Phi) is 6.07. The molecule has 1 nitrogen and oxygen atoms in total. The van der Waals surface area contributed by atoms with Gasteiger partial charge in [-0.3, -0.25) is 0 Å². The van der Waals surface area contributed by atoms with E-state index in [4.69, 9.17) is 4.74 Å². The molecular weight excluding hydrogens is 240 g/mol. The molecule has 102 valence electrons. The Labute approximate surface area is 117 Å². The molecule has 0 saturated heterocycles. The standard InChI is InChI=1S/C16H26OS/c1-6-7-17-16-9-12(3)15(8-11(2)10-18)13(4)14(16)5/h9,11,18H,6-8,10H2,1-5H3. The normalized spacial score (nSPS) is 12.6. The van der Waals surface area contributed by atoms with Gasteiger partial charge >= 0.3 is 0 Å². The van der Waals surface area contributed by atoms with Crippen LogP contribution in [0.3, 0.4) is 0 Å². The lowest BCUT2D eigenvalue weighted by Gasteiger charge is -2.19. The maximum absolute atomic E-state index is 5.82. The molecule has 0 aliphatic rings. The highest BCUT2D eigenvalue weighted by atomic mass is 32.1. The predicted octanol–water partition coefficient (Wildman–Crippen LogP) is 4.51. The van der Waals surface area contributed by atoms with E-state index in [1.807, 2.05) is 0 Å². The summed E-state index contributed by atoms with van der Waals surface area (Å²) >= 11 is 4.38. The first kappa shape index (κ1) is 15.4. The average Bonchev–Trinajstić information content (AvgIpc) is 2.36. The van der Waals surface area contributed by atoms with Gasteiger partial charge < -0.3 is 4.74 Å². The first-order valence-corrected chi connectivity index (χ1v) is 7.47. The van der Waals surface area contributed by atoms with Crippen LogP contribution in [-0.2, 0) is 6.42 Å². The van der Waals surface area contributed by atoms with Crippen molar-refractivity contribution in [2.45, 2.75) is 47.5 Å². The summed E-state index contributed by atoms with van der Waals surface area (Å²) in [5.74, 6) is 2.60. The number of hydrogen-bond donors (Lipinski definition) is 1. The SMILES string of the molecule is CCCOc1cc(C)c(CC(C)CS)c(C)c1C. The molecule has 0 aliphatic carbocycles. The van der Waals surface area contributed by atoms with Crippen molar-refractivity contribution in [1.82, 2.24) is 0 Å². The second-order valence-electron chi connectivity index (χ2n) is 5.26. The van der Waals surface area contributed by atoms with Crippen LogP contribution in [0.1, 0.15) is 42.5 Å². The first-order chi connectivity index (χ1) is 8.51. The maximum atomic E-state index is 5.82. The van der Waals surface area contributed by atoms with Crippen LogP contribution in [0.15, 0.2) is 6.07 Å². The van der Waals surface area contributed by atoms with Crippen molar-refractivity contribution in [3.63, 3.8) is 0 Å². The number of rotatable bonds is 6. The van der Waals surface area contributed by atoms with Gasteiger partial charge in [-0.2, -0.15) is 12.6 Å². The van der Waals surface area contributed by atoms with Gasteiger partial charge in [-0.25, -0.2) is 0 Å². The van der Waals surface area contributed by atoms with Gasteiger partial charge in [0.15, 0.2) is 0 Å². The van der Waals surface area contributed by atoms with Crippen LogP contribution in [0.2, 0.25) is 0 Å². The van der Waals surface area contributed by atoms with E-state index in [0.717, 1.165) is 31.0 Å². The minimum atomic E-state index is 0.618. The van der Waals surface area contributed by atoms with Gasteiger partial charge in [0.05, 0.1) is 6.61 Å². The second kappa shape index (κ2) is 7.08. The van der Waals surface area contributed by atoms with E-state index >= 15 is 0 Å². The lowest BCUT2D eigenvalue weighted by atomic mass is 9.91. The summed E-state index contributed by atoms with van der Waals surface area (Å²) in [5, 5.41) is 0. The van der Waals surface area contributed by atoms with Gasteiger partial charge in [0.1, 0.15) is 5.75 Å². The monoisotopic (exact) mass is 266 g/mol. The second-order valence-corrected chi connectivity index (χ2v) is 5.63. The first-order valence-electron chi connectivity index (χ1n) is 6.84. The molecule has 0 spiro atoms. The zero-order chi connectivity index (χ0) is 13.7. The molecule has 2 heteroatoms. The molecule has 0 N–H and O–H groups in total. The Morgan fingerprint density at radius 2 is 1.89 bits per heavy atom. The van der Waals surface area contributed by atoms with Crippen LogP contribution in [0.4, 0.5) is 0 Å². The summed E-state index contributed by atoms with van der Waals surface area (Å²) in [6, 6.07) is 2.19. The number of aryl methyl sites for hydroxylation is 1. The van der Waals surface area contributed by atoms with Crippen molar-refractivity contribution in [3.05, 3.63) is 28.3 Å². The Hall–Kier alpha value is -0.630. The molecule has 0 heterocycles. The molecule has 0 radical (unpaired) electrons. The minimum Gasteiger partial charge on any atom is -0.493 e. The Morgan fingerprint density at radius 1 is 1.22 bits per heavy atom. The van der Waals surface area contributed by atoms with Crippen molar-refractivity contribution in [1.29, 1.82) is 0 Å². The number of benzene rings is 1. The van der Waals surface area contributed by atoms with E-state index in [1.54, 1.807) is 0 Å². The number of thiol groups is 1. The lowest BCUT2D eigenvalue weighted by Crippen LogP contribution is -2.07. The number of hydrogen-bond acceptors (Lipinski definition) is 2. The molecule has 1 aromatic rings. The molecule has 0 aromatic heterocycles. The van der Waals surface area contributed by atoms with Gasteiger partial charge in [-0.1, -0.05) is 13.8 Å². The number of ether oxygens (including phenoxy) is 1. The summed E-state index contributed by atoms with van der Waals surface area (Å²) in [6.07, 6.45) is 2.16. The average molecular weight is 266 g/mol. The maximum Gasteiger partial charge on any atom is 0.122 e. The van der Waals surface area contributed by atoms with Gasteiger partial charge in [-0.05, 0) is 73.6 Å².